The summed E-state index contributed by atoms with van der Waals surface area (Å²) in [6.07, 6.45) is 0. The molecule has 0 saturated carbocycles. The van der Waals surface area contributed by atoms with Crippen molar-refractivity contribution in [2.24, 2.45) is 0 Å². The van der Waals surface area contributed by atoms with Crippen molar-refractivity contribution in [3.05, 3.63) is 72.8 Å². The van der Waals surface area contributed by atoms with Crippen molar-refractivity contribution in [3.8, 4) is 0 Å². The Labute approximate surface area is 166 Å². The van der Waals surface area contributed by atoms with Gasteiger partial charge in [0.2, 0.25) is 9.84 Å². The minimum atomic E-state index is -3.60. The summed E-state index contributed by atoms with van der Waals surface area (Å²) in [6.45, 7) is -0.437. The van der Waals surface area contributed by atoms with E-state index in [1.54, 1.807) is 36.4 Å². The van der Waals surface area contributed by atoms with Crippen LogP contribution in [-0.2, 0) is 30.6 Å². The van der Waals surface area contributed by atoms with Gasteiger partial charge in [-0.15, -0.1) is 0 Å². The van der Waals surface area contributed by atoms with Crippen LogP contribution in [0.25, 0.3) is 0 Å². The molecule has 0 spiro atoms. The molecule has 1 aliphatic heterocycles. The largest absolute Gasteiger partial charge is 0.395 e. The van der Waals surface area contributed by atoms with Crippen molar-refractivity contribution in [2.45, 2.75) is 29.4 Å². The van der Waals surface area contributed by atoms with Gasteiger partial charge < -0.3 is 5.11 Å². The van der Waals surface area contributed by atoms with E-state index in [1.807, 2.05) is 24.3 Å². The van der Waals surface area contributed by atoms with E-state index >= 15 is 0 Å². The summed E-state index contributed by atoms with van der Waals surface area (Å²) in [6, 6.07) is 20.3. The molecule has 0 aromatic heterocycles. The SMILES string of the molecule is O=S(=O)(CCO)c1ccc([S+]2c3ccccc3S(=O)(=O)c3ccccc32)cc1. The lowest BCUT2D eigenvalue weighted by Crippen LogP contribution is -2.20. The van der Waals surface area contributed by atoms with Crippen LogP contribution >= 0.6 is 0 Å². The monoisotopic (exact) mass is 433 g/mol. The molecule has 0 aliphatic carbocycles. The molecule has 5 nitrogen and oxygen atoms in total. The standard InChI is InChI=1S/C20H17O5S3/c21-13-14-27(22,23)16-11-9-15(10-12-16)26-17-5-1-3-7-19(17)28(24,25)20-8-4-2-6-18(20)26/h1-12,21H,13-14H2/q+1. The topological polar surface area (TPSA) is 88.5 Å². The van der Waals surface area contributed by atoms with Gasteiger partial charge in [0.15, 0.2) is 24.5 Å². The number of hydrogen-bond donors (Lipinski definition) is 1. The highest BCUT2D eigenvalue weighted by molar-refractivity contribution is 8.00. The Kier molecular flexibility index (Phi) is 4.83. The van der Waals surface area contributed by atoms with Crippen LogP contribution in [0.3, 0.4) is 0 Å². The molecule has 144 valence electrons. The number of hydrogen-bond acceptors (Lipinski definition) is 5. The average Bonchev–Trinajstić information content (AvgIpc) is 2.69. The van der Waals surface area contributed by atoms with Crippen molar-refractivity contribution < 1.29 is 21.9 Å². The number of aliphatic hydroxyl groups is 1. The molecule has 0 atom stereocenters. The molecule has 0 amide bonds. The minimum absolute atomic E-state index is 0.139. The fourth-order valence-corrected chi connectivity index (χ4v) is 8.92. The molecule has 1 aliphatic rings. The Morgan fingerprint density at radius 1 is 0.786 bits per heavy atom. The number of aliphatic hydroxyl groups excluding tert-OH is 1. The molecular formula is C20H17O5S3+. The summed E-state index contributed by atoms with van der Waals surface area (Å²) in [4.78, 5) is 2.94. The maximum atomic E-state index is 13.0. The highest BCUT2D eigenvalue weighted by Crippen LogP contribution is 2.44. The first-order valence-electron chi connectivity index (χ1n) is 8.47. The van der Waals surface area contributed by atoms with E-state index in [9.17, 15) is 16.8 Å². The molecule has 0 fully saturated rings. The normalized spacial score (nSPS) is 15.6. The van der Waals surface area contributed by atoms with Crippen LogP contribution in [-0.4, -0.2) is 34.3 Å². The van der Waals surface area contributed by atoms with Gasteiger partial charge in [-0.2, -0.15) is 0 Å². The summed E-state index contributed by atoms with van der Waals surface area (Å²) in [5.41, 5.74) is 0. The van der Waals surface area contributed by atoms with Gasteiger partial charge in [-0.1, -0.05) is 24.3 Å². The summed E-state index contributed by atoms with van der Waals surface area (Å²) in [5, 5.41) is 8.95. The second-order valence-electron chi connectivity index (χ2n) is 6.22. The first kappa shape index (κ1) is 19.2. The quantitative estimate of drug-likeness (QED) is 0.500. The smallest absolute Gasteiger partial charge is 0.216 e. The Balaban J connectivity index is 1.90. The van der Waals surface area contributed by atoms with Crippen molar-refractivity contribution in [1.29, 1.82) is 0 Å². The molecule has 0 bridgehead atoms. The predicted molar refractivity (Wildman–Crippen MR) is 106 cm³/mol. The van der Waals surface area contributed by atoms with Crippen molar-refractivity contribution in [3.63, 3.8) is 0 Å². The van der Waals surface area contributed by atoms with E-state index in [0.717, 1.165) is 4.90 Å². The van der Waals surface area contributed by atoms with E-state index in [0.29, 0.717) is 9.79 Å². The molecule has 8 heteroatoms. The first-order chi connectivity index (χ1) is 13.4. The van der Waals surface area contributed by atoms with Crippen LogP contribution in [0.4, 0.5) is 0 Å². The fraction of sp³-hybridized carbons (Fsp3) is 0.100. The minimum Gasteiger partial charge on any atom is -0.395 e. The molecule has 3 aromatic carbocycles. The van der Waals surface area contributed by atoms with Crippen LogP contribution in [0, 0.1) is 0 Å². The second-order valence-corrected chi connectivity index (χ2v) is 12.2. The van der Waals surface area contributed by atoms with E-state index in [4.69, 9.17) is 5.11 Å². The van der Waals surface area contributed by atoms with E-state index in [2.05, 4.69) is 0 Å². The number of sulfone groups is 2. The Morgan fingerprint density at radius 2 is 1.29 bits per heavy atom. The molecule has 1 heterocycles. The summed E-state index contributed by atoms with van der Waals surface area (Å²) in [7, 11) is -7.80. The maximum Gasteiger partial charge on any atom is 0.216 e. The molecule has 3 aromatic rings. The predicted octanol–water partition coefficient (Wildman–Crippen LogP) is 2.69. The van der Waals surface area contributed by atoms with E-state index < -0.39 is 37.2 Å². The fourth-order valence-electron chi connectivity index (χ4n) is 3.19. The van der Waals surface area contributed by atoms with Gasteiger partial charge in [0, 0.05) is 0 Å². The zero-order chi connectivity index (χ0) is 19.9. The van der Waals surface area contributed by atoms with Gasteiger partial charge in [-0.05, 0) is 48.5 Å². The van der Waals surface area contributed by atoms with Crippen LogP contribution in [0.1, 0.15) is 0 Å². The molecular weight excluding hydrogens is 416 g/mol. The first-order valence-corrected chi connectivity index (χ1v) is 12.8. The van der Waals surface area contributed by atoms with Crippen molar-refractivity contribution in [1.82, 2.24) is 0 Å². The van der Waals surface area contributed by atoms with Crippen LogP contribution in [0.2, 0.25) is 0 Å². The zero-order valence-electron chi connectivity index (χ0n) is 14.6. The third-order valence-corrected chi connectivity index (χ3v) is 10.7. The van der Waals surface area contributed by atoms with Gasteiger partial charge in [0.25, 0.3) is 0 Å². The third-order valence-electron chi connectivity index (χ3n) is 4.50. The van der Waals surface area contributed by atoms with Gasteiger partial charge in [0.1, 0.15) is 20.7 Å². The summed E-state index contributed by atoms with van der Waals surface area (Å²) >= 11 is 0. The van der Waals surface area contributed by atoms with Gasteiger partial charge >= 0.3 is 0 Å². The van der Waals surface area contributed by atoms with Crippen LogP contribution < -0.4 is 0 Å². The number of rotatable bonds is 4. The average molecular weight is 434 g/mol. The lowest BCUT2D eigenvalue weighted by molar-refractivity contribution is 0.319. The molecule has 0 unspecified atom stereocenters. The van der Waals surface area contributed by atoms with Crippen molar-refractivity contribution in [2.75, 3.05) is 12.4 Å². The molecule has 1 N–H and O–H groups in total. The third kappa shape index (κ3) is 3.06. The molecule has 0 radical (unpaired) electrons. The van der Waals surface area contributed by atoms with Gasteiger partial charge in [-0.25, -0.2) is 16.8 Å². The molecule has 4 rings (SSSR count). The van der Waals surface area contributed by atoms with Gasteiger partial charge in [0.05, 0.1) is 17.3 Å². The Bertz CT molecular complexity index is 1190. The molecule has 0 saturated heterocycles. The number of fused-ring (bicyclic) bond motifs is 2. The highest BCUT2D eigenvalue weighted by atomic mass is 32.2. The summed E-state index contributed by atoms with van der Waals surface area (Å²) < 4.78 is 50.4. The van der Waals surface area contributed by atoms with E-state index in [1.165, 1.54) is 12.1 Å². The lowest BCUT2D eigenvalue weighted by atomic mass is 10.3. The second kappa shape index (κ2) is 7.04. The summed E-state index contributed by atoms with van der Waals surface area (Å²) in [5.74, 6) is -0.331. The zero-order valence-corrected chi connectivity index (χ0v) is 17.1. The van der Waals surface area contributed by atoms with E-state index in [-0.39, 0.29) is 20.4 Å². The Morgan fingerprint density at radius 3 is 1.79 bits per heavy atom. The molecule has 28 heavy (non-hydrogen) atoms. The lowest BCUT2D eigenvalue weighted by Gasteiger charge is -2.19. The highest BCUT2D eigenvalue weighted by Gasteiger charge is 2.44. The van der Waals surface area contributed by atoms with Gasteiger partial charge in [-0.3, -0.25) is 0 Å². The maximum absolute atomic E-state index is 13.0. The Hall–Kier alpha value is -2.13. The van der Waals surface area contributed by atoms with Crippen LogP contribution in [0.15, 0.2) is 102 Å². The van der Waals surface area contributed by atoms with Crippen molar-refractivity contribution >= 4 is 30.6 Å². The number of benzene rings is 3. The van der Waals surface area contributed by atoms with Crippen LogP contribution in [0.5, 0.6) is 0 Å².